The van der Waals surface area contributed by atoms with Crippen LogP contribution in [0.3, 0.4) is 0 Å². The highest BCUT2D eigenvalue weighted by Gasteiger charge is 2.21. The molecule has 23 heavy (non-hydrogen) atoms. The Bertz CT molecular complexity index is 697. The van der Waals surface area contributed by atoms with Crippen LogP contribution in [-0.2, 0) is 0 Å². The van der Waals surface area contributed by atoms with E-state index in [-0.39, 0.29) is 0 Å². The lowest BCUT2D eigenvalue weighted by molar-refractivity contribution is 0.191. The minimum atomic E-state index is -0.947. The molecule has 3 rings (SSSR count). The minimum Gasteiger partial charge on any atom is -0.497 e. The molecule has 1 amide bonds. The Kier molecular flexibility index (Phi) is 4.50. The molecule has 0 atom stereocenters. The molecule has 0 spiro atoms. The molecule has 1 aliphatic rings. The van der Waals surface area contributed by atoms with Crippen LogP contribution in [0.1, 0.15) is 12.8 Å². The molecule has 0 saturated carbocycles. The first kappa shape index (κ1) is 15.4. The molecule has 122 valence electrons. The first-order valence-corrected chi connectivity index (χ1v) is 7.82. The summed E-state index contributed by atoms with van der Waals surface area (Å²) in [5.74, 6) is 2.24. The van der Waals surface area contributed by atoms with Crippen molar-refractivity contribution in [2.75, 3.05) is 31.6 Å². The number of hydrogen-bond donors (Lipinski definition) is 2. The van der Waals surface area contributed by atoms with Gasteiger partial charge in [0.25, 0.3) is 0 Å². The molecule has 0 unspecified atom stereocenters. The van der Waals surface area contributed by atoms with Crippen LogP contribution in [0.15, 0.2) is 30.5 Å². The Hall–Kier alpha value is -2.50. The zero-order valence-electron chi connectivity index (χ0n) is 13.2. The number of anilines is 1. The summed E-state index contributed by atoms with van der Waals surface area (Å²) in [6.07, 6.45) is 2.81. The third-order valence-electron chi connectivity index (χ3n) is 4.41. The van der Waals surface area contributed by atoms with Crippen molar-refractivity contribution in [1.29, 1.82) is 0 Å². The second kappa shape index (κ2) is 6.73. The molecule has 1 aliphatic heterocycles. The van der Waals surface area contributed by atoms with Gasteiger partial charge in [-0.2, -0.15) is 0 Å². The van der Waals surface area contributed by atoms with E-state index in [0.717, 1.165) is 48.3 Å². The maximum atomic E-state index is 10.6. The lowest BCUT2D eigenvalue weighted by Crippen LogP contribution is -2.38. The lowest BCUT2D eigenvalue weighted by atomic mass is 9.96. The quantitative estimate of drug-likeness (QED) is 0.907. The van der Waals surface area contributed by atoms with E-state index < -0.39 is 6.09 Å². The Labute approximate surface area is 135 Å². The van der Waals surface area contributed by atoms with E-state index >= 15 is 0 Å². The summed E-state index contributed by atoms with van der Waals surface area (Å²) in [4.78, 5) is 17.4. The average molecular weight is 315 g/mol. The first-order chi connectivity index (χ1) is 11.2. The number of fused-ring (bicyclic) bond motifs is 1. The largest absolute Gasteiger partial charge is 0.497 e. The van der Waals surface area contributed by atoms with Crippen LogP contribution in [0.25, 0.3) is 10.8 Å². The number of piperidine rings is 1. The van der Waals surface area contributed by atoms with Gasteiger partial charge in [0.1, 0.15) is 11.6 Å². The number of methoxy groups -OCH3 is 1. The van der Waals surface area contributed by atoms with Gasteiger partial charge >= 0.3 is 6.09 Å². The van der Waals surface area contributed by atoms with Gasteiger partial charge in [0.05, 0.1) is 7.11 Å². The molecule has 1 aromatic carbocycles. The maximum Gasteiger partial charge on any atom is 0.404 e. The number of pyridine rings is 1. The summed E-state index contributed by atoms with van der Waals surface area (Å²) < 4.78 is 5.28. The third-order valence-corrected chi connectivity index (χ3v) is 4.41. The normalized spacial score (nSPS) is 15.6. The summed E-state index contributed by atoms with van der Waals surface area (Å²) in [7, 11) is 1.67. The highest BCUT2D eigenvalue weighted by molar-refractivity contribution is 5.93. The van der Waals surface area contributed by atoms with Gasteiger partial charge in [-0.25, -0.2) is 9.78 Å². The van der Waals surface area contributed by atoms with Crippen molar-refractivity contribution in [3.05, 3.63) is 30.5 Å². The molecule has 1 aromatic heterocycles. The fourth-order valence-electron chi connectivity index (χ4n) is 3.10. The number of rotatable bonds is 4. The summed E-state index contributed by atoms with van der Waals surface area (Å²) in [6.45, 7) is 2.32. The molecule has 6 heteroatoms. The summed E-state index contributed by atoms with van der Waals surface area (Å²) in [6, 6.07) is 8.01. The molecule has 2 aromatic rings. The number of carbonyl (C=O) groups is 1. The summed E-state index contributed by atoms with van der Waals surface area (Å²) in [5.41, 5.74) is 0. The summed E-state index contributed by atoms with van der Waals surface area (Å²) in [5, 5.41) is 13.4. The second-order valence-corrected chi connectivity index (χ2v) is 5.84. The van der Waals surface area contributed by atoms with Crippen LogP contribution in [0.2, 0.25) is 0 Å². The molecule has 6 nitrogen and oxygen atoms in total. The van der Waals surface area contributed by atoms with Crippen LogP contribution in [-0.4, -0.2) is 42.9 Å². The minimum absolute atomic E-state index is 0.400. The standard InChI is InChI=1S/C17H21N3O3/c1-23-14-2-3-15-13(10-14)4-7-18-16(15)20-8-5-12(6-9-20)11-19-17(21)22/h2-4,7,10,12,19H,5-6,8-9,11H2,1H3,(H,21,22). The zero-order chi connectivity index (χ0) is 16.2. The first-order valence-electron chi connectivity index (χ1n) is 7.82. The van der Waals surface area contributed by atoms with E-state index in [0.29, 0.717) is 12.5 Å². The van der Waals surface area contributed by atoms with Crippen LogP contribution in [0, 0.1) is 5.92 Å². The predicted molar refractivity (Wildman–Crippen MR) is 89.3 cm³/mol. The van der Waals surface area contributed by atoms with Crippen molar-refractivity contribution in [2.45, 2.75) is 12.8 Å². The summed E-state index contributed by atoms with van der Waals surface area (Å²) >= 11 is 0. The average Bonchev–Trinajstić information content (AvgIpc) is 2.59. The van der Waals surface area contributed by atoms with Crippen LogP contribution in [0.4, 0.5) is 10.6 Å². The molecule has 0 bridgehead atoms. The van der Waals surface area contributed by atoms with Crippen LogP contribution in [0.5, 0.6) is 5.75 Å². The molecular weight excluding hydrogens is 294 g/mol. The van der Waals surface area contributed by atoms with Gasteiger partial charge in [0, 0.05) is 31.2 Å². The number of benzene rings is 1. The highest BCUT2D eigenvalue weighted by Crippen LogP contribution is 2.30. The molecule has 2 heterocycles. The van der Waals surface area contributed by atoms with Crippen LogP contribution >= 0.6 is 0 Å². The van der Waals surface area contributed by atoms with Crippen molar-refractivity contribution in [1.82, 2.24) is 10.3 Å². The number of carboxylic acid groups (broad SMARTS) is 1. The molecule has 2 N–H and O–H groups in total. The third kappa shape index (κ3) is 3.47. The highest BCUT2D eigenvalue weighted by atomic mass is 16.5. The van der Waals surface area contributed by atoms with Crippen molar-refractivity contribution in [3.63, 3.8) is 0 Å². The van der Waals surface area contributed by atoms with Crippen molar-refractivity contribution < 1.29 is 14.6 Å². The number of nitrogens with one attached hydrogen (secondary N) is 1. The molecule has 0 radical (unpaired) electrons. The van der Waals surface area contributed by atoms with E-state index in [1.807, 2.05) is 24.4 Å². The smallest absolute Gasteiger partial charge is 0.404 e. The lowest BCUT2D eigenvalue weighted by Gasteiger charge is -2.33. The second-order valence-electron chi connectivity index (χ2n) is 5.84. The van der Waals surface area contributed by atoms with E-state index in [2.05, 4.69) is 21.3 Å². The van der Waals surface area contributed by atoms with Gasteiger partial charge in [-0.3, -0.25) is 0 Å². The van der Waals surface area contributed by atoms with Gasteiger partial charge in [0.2, 0.25) is 0 Å². The number of nitrogens with zero attached hydrogens (tertiary/aromatic N) is 2. The molecular formula is C17H21N3O3. The van der Waals surface area contributed by atoms with Gasteiger partial charge in [0.15, 0.2) is 0 Å². The molecule has 0 aliphatic carbocycles. The Morgan fingerprint density at radius 2 is 2.17 bits per heavy atom. The van der Waals surface area contributed by atoms with Gasteiger partial charge in [-0.1, -0.05) is 0 Å². The number of ether oxygens (including phenoxy) is 1. The number of aromatic nitrogens is 1. The van der Waals surface area contributed by atoms with E-state index in [1.165, 1.54) is 0 Å². The topological polar surface area (TPSA) is 74.7 Å². The fraction of sp³-hybridized carbons (Fsp3) is 0.412. The molecule has 1 fully saturated rings. The van der Waals surface area contributed by atoms with E-state index in [9.17, 15) is 4.79 Å². The van der Waals surface area contributed by atoms with Gasteiger partial charge in [-0.15, -0.1) is 0 Å². The molecule has 1 saturated heterocycles. The van der Waals surface area contributed by atoms with Crippen molar-refractivity contribution in [3.8, 4) is 5.75 Å². The SMILES string of the molecule is COc1ccc2c(N3CCC(CNC(=O)O)CC3)nccc2c1. The number of hydrogen-bond acceptors (Lipinski definition) is 4. The Morgan fingerprint density at radius 1 is 1.39 bits per heavy atom. The van der Waals surface area contributed by atoms with E-state index in [4.69, 9.17) is 9.84 Å². The van der Waals surface area contributed by atoms with Crippen molar-refractivity contribution >= 4 is 22.7 Å². The Morgan fingerprint density at radius 3 is 2.87 bits per heavy atom. The van der Waals surface area contributed by atoms with Crippen molar-refractivity contribution in [2.24, 2.45) is 5.92 Å². The predicted octanol–water partition coefficient (Wildman–Crippen LogP) is 2.73. The van der Waals surface area contributed by atoms with Gasteiger partial charge in [-0.05, 0) is 48.4 Å². The van der Waals surface area contributed by atoms with E-state index in [1.54, 1.807) is 7.11 Å². The monoisotopic (exact) mass is 315 g/mol. The maximum absolute atomic E-state index is 10.6. The fourth-order valence-corrected chi connectivity index (χ4v) is 3.10. The zero-order valence-corrected chi connectivity index (χ0v) is 13.2. The van der Waals surface area contributed by atoms with Crippen LogP contribution < -0.4 is 15.0 Å². The number of amides is 1. The van der Waals surface area contributed by atoms with Gasteiger partial charge < -0.3 is 20.1 Å². The Balaban J connectivity index is 1.73.